The van der Waals surface area contributed by atoms with Gasteiger partial charge in [0.15, 0.2) is 5.76 Å². The lowest BCUT2D eigenvalue weighted by atomic mass is 10.00. The highest BCUT2D eigenvalue weighted by Gasteiger charge is 2.33. The summed E-state index contributed by atoms with van der Waals surface area (Å²) in [6.45, 7) is 4.02. The molecule has 5 rings (SSSR count). The molecular formula is C27H25NO4. The molecule has 2 aliphatic heterocycles. The Morgan fingerprint density at radius 2 is 1.84 bits per heavy atom. The summed E-state index contributed by atoms with van der Waals surface area (Å²) in [5.41, 5.74) is 4.62. The quantitative estimate of drug-likeness (QED) is 0.536. The summed E-state index contributed by atoms with van der Waals surface area (Å²) in [4.78, 5) is 15.3. The Kier molecular flexibility index (Phi) is 5.41. The first-order chi connectivity index (χ1) is 15.6. The normalized spacial score (nSPS) is 16.3. The molecule has 0 spiro atoms. The van der Waals surface area contributed by atoms with Gasteiger partial charge in [0.25, 0.3) is 0 Å². The fourth-order valence-electron chi connectivity index (χ4n) is 4.33. The van der Waals surface area contributed by atoms with Crippen molar-refractivity contribution in [3.63, 3.8) is 0 Å². The standard InChI is InChI=1S/C27H25NO4/c1-18-26-21(16-28(17-31-26)13-12-20-10-6-7-11-23(20)30-2)15-22-25(29)24(32-27(18)22)14-19-8-4-3-5-9-19/h3-11,14-15H,12-13,16-17H2,1-2H3/b24-14-. The third-order valence-corrected chi connectivity index (χ3v) is 5.99. The molecule has 32 heavy (non-hydrogen) atoms. The number of benzene rings is 3. The van der Waals surface area contributed by atoms with Gasteiger partial charge in [0.05, 0.1) is 12.7 Å². The second-order valence-corrected chi connectivity index (χ2v) is 8.10. The van der Waals surface area contributed by atoms with E-state index in [-0.39, 0.29) is 5.78 Å². The van der Waals surface area contributed by atoms with E-state index < -0.39 is 0 Å². The van der Waals surface area contributed by atoms with Gasteiger partial charge in [-0.1, -0.05) is 48.5 Å². The van der Waals surface area contributed by atoms with Crippen molar-refractivity contribution in [2.24, 2.45) is 0 Å². The van der Waals surface area contributed by atoms with Gasteiger partial charge in [0, 0.05) is 24.2 Å². The van der Waals surface area contributed by atoms with Crippen molar-refractivity contribution in [2.45, 2.75) is 19.9 Å². The molecule has 0 saturated heterocycles. The van der Waals surface area contributed by atoms with Gasteiger partial charge in [-0.2, -0.15) is 0 Å². The third kappa shape index (κ3) is 3.76. The summed E-state index contributed by atoms with van der Waals surface area (Å²) in [6.07, 6.45) is 2.65. The number of hydrogen-bond donors (Lipinski definition) is 0. The zero-order valence-corrected chi connectivity index (χ0v) is 18.3. The van der Waals surface area contributed by atoms with Crippen LogP contribution in [0.4, 0.5) is 0 Å². The molecule has 3 aromatic carbocycles. The van der Waals surface area contributed by atoms with E-state index in [0.717, 1.165) is 47.7 Å². The average molecular weight is 428 g/mol. The van der Waals surface area contributed by atoms with Gasteiger partial charge in [0.2, 0.25) is 5.78 Å². The highest BCUT2D eigenvalue weighted by atomic mass is 16.5. The highest BCUT2D eigenvalue weighted by molar-refractivity contribution is 6.15. The van der Waals surface area contributed by atoms with E-state index in [1.54, 1.807) is 13.2 Å². The van der Waals surface area contributed by atoms with E-state index in [1.165, 1.54) is 5.56 Å². The van der Waals surface area contributed by atoms with Gasteiger partial charge < -0.3 is 14.2 Å². The molecule has 0 fully saturated rings. The summed E-state index contributed by atoms with van der Waals surface area (Å²) in [5.74, 6) is 2.61. The summed E-state index contributed by atoms with van der Waals surface area (Å²) in [6, 6.07) is 19.7. The lowest BCUT2D eigenvalue weighted by Crippen LogP contribution is -2.34. The number of nitrogens with zero attached hydrogens (tertiary/aromatic N) is 1. The van der Waals surface area contributed by atoms with Gasteiger partial charge in [-0.3, -0.25) is 9.69 Å². The number of carbonyl (C=O) groups excluding carboxylic acids is 1. The molecule has 0 bridgehead atoms. The molecule has 162 valence electrons. The number of ketones is 1. The van der Waals surface area contributed by atoms with E-state index in [9.17, 15) is 4.79 Å². The SMILES string of the molecule is COc1ccccc1CCN1COc2c(cc3c(c2C)O/C(=C\c2ccccc2)C3=O)C1. The van der Waals surface area contributed by atoms with Crippen molar-refractivity contribution in [3.8, 4) is 17.2 Å². The van der Waals surface area contributed by atoms with Gasteiger partial charge in [-0.05, 0) is 42.7 Å². The second-order valence-electron chi connectivity index (χ2n) is 8.10. The first-order valence-corrected chi connectivity index (χ1v) is 10.8. The molecule has 5 nitrogen and oxygen atoms in total. The van der Waals surface area contributed by atoms with Gasteiger partial charge in [-0.25, -0.2) is 0 Å². The van der Waals surface area contributed by atoms with Crippen molar-refractivity contribution in [2.75, 3.05) is 20.4 Å². The minimum atomic E-state index is -0.0825. The highest BCUT2D eigenvalue weighted by Crippen LogP contribution is 2.43. The molecular weight excluding hydrogens is 402 g/mol. The number of hydrogen-bond acceptors (Lipinski definition) is 5. The number of Topliss-reactive ketones (excluding diaryl/α,β-unsaturated/α-hetero) is 1. The molecule has 3 aromatic rings. The molecule has 0 amide bonds. The van der Waals surface area contributed by atoms with Crippen LogP contribution in [0.3, 0.4) is 0 Å². The van der Waals surface area contributed by atoms with Crippen LogP contribution in [0.2, 0.25) is 0 Å². The van der Waals surface area contributed by atoms with Crippen molar-refractivity contribution < 1.29 is 19.0 Å². The van der Waals surface area contributed by atoms with Crippen molar-refractivity contribution in [3.05, 3.63) is 94.2 Å². The molecule has 2 aliphatic rings. The van der Waals surface area contributed by atoms with Crippen LogP contribution in [-0.4, -0.2) is 31.1 Å². The second kappa shape index (κ2) is 8.52. The summed E-state index contributed by atoms with van der Waals surface area (Å²) < 4.78 is 17.6. The molecule has 0 saturated carbocycles. The Morgan fingerprint density at radius 1 is 1.06 bits per heavy atom. The van der Waals surface area contributed by atoms with Crippen molar-refractivity contribution >= 4 is 11.9 Å². The monoisotopic (exact) mass is 427 g/mol. The smallest absolute Gasteiger partial charge is 0.231 e. The van der Waals surface area contributed by atoms with Crippen LogP contribution in [-0.2, 0) is 13.0 Å². The maximum absolute atomic E-state index is 13.0. The number of allylic oxidation sites excluding steroid dienone is 1. The van der Waals surface area contributed by atoms with E-state index >= 15 is 0 Å². The van der Waals surface area contributed by atoms with Crippen LogP contribution in [0, 0.1) is 6.92 Å². The van der Waals surface area contributed by atoms with Crippen LogP contribution in [0.15, 0.2) is 66.4 Å². The maximum atomic E-state index is 13.0. The fraction of sp³-hybridized carbons (Fsp3) is 0.222. The Labute approximate surface area is 187 Å². The van der Waals surface area contributed by atoms with Crippen LogP contribution >= 0.6 is 0 Å². The van der Waals surface area contributed by atoms with Crippen molar-refractivity contribution in [1.29, 1.82) is 0 Å². The minimum absolute atomic E-state index is 0.0825. The molecule has 0 radical (unpaired) electrons. The Balaban J connectivity index is 1.36. The van der Waals surface area contributed by atoms with Crippen LogP contribution in [0.25, 0.3) is 6.08 Å². The first kappa shape index (κ1) is 20.3. The number of methoxy groups -OCH3 is 1. The summed E-state index contributed by atoms with van der Waals surface area (Å²) >= 11 is 0. The van der Waals surface area contributed by atoms with Crippen LogP contribution in [0.5, 0.6) is 17.2 Å². The average Bonchev–Trinajstić information content (AvgIpc) is 3.14. The number of ether oxygens (including phenoxy) is 3. The maximum Gasteiger partial charge on any atom is 0.231 e. The lowest BCUT2D eigenvalue weighted by molar-refractivity contribution is 0.0952. The lowest BCUT2D eigenvalue weighted by Gasteiger charge is -2.30. The van der Waals surface area contributed by atoms with E-state index in [2.05, 4.69) is 11.0 Å². The first-order valence-electron chi connectivity index (χ1n) is 10.8. The molecule has 0 atom stereocenters. The molecule has 2 heterocycles. The Hall–Kier alpha value is -3.57. The minimum Gasteiger partial charge on any atom is -0.496 e. The number of carbonyl (C=O) groups is 1. The topological polar surface area (TPSA) is 48.0 Å². The summed E-state index contributed by atoms with van der Waals surface area (Å²) in [7, 11) is 1.70. The molecule has 0 unspecified atom stereocenters. The van der Waals surface area contributed by atoms with Crippen LogP contribution < -0.4 is 14.2 Å². The molecule has 5 heteroatoms. The molecule has 0 aromatic heterocycles. The van der Waals surface area contributed by atoms with Gasteiger partial charge in [-0.15, -0.1) is 0 Å². The largest absolute Gasteiger partial charge is 0.496 e. The van der Waals surface area contributed by atoms with Crippen molar-refractivity contribution in [1.82, 2.24) is 4.90 Å². The zero-order chi connectivity index (χ0) is 22.1. The number of fused-ring (bicyclic) bond motifs is 2. The molecule has 0 N–H and O–H groups in total. The Bertz CT molecular complexity index is 1200. The Morgan fingerprint density at radius 3 is 2.66 bits per heavy atom. The van der Waals surface area contributed by atoms with Crippen LogP contribution in [0.1, 0.15) is 32.6 Å². The fourth-order valence-corrected chi connectivity index (χ4v) is 4.33. The number of rotatable bonds is 5. The van der Waals surface area contributed by atoms with Gasteiger partial charge >= 0.3 is 0 Å². The molecule has 0 aliphatic carbocycles. The van der Waals surface area contributed by atoms with E-state index in [1.807, 2.05) is 61.5 Å². The zero-order valence-electron chi connectivity index (χ0n) is 18.3. The predicted molar refractivity (Wildman–Crippen MR) is 123 cm³/mol. The van der Waals surface area contributed by atoms with E-state index in [0.29, 0.717) is 23.8 Å². The number of para-hydroxylation sites is 1. The third-order valence-electron chi connectivity index (χ3n) is 5.99. The van der Waals surface area contributed by atoms with E-state index in [4.69, 9.17) is 14.2 Å². The summed E-state index contributed by atoms with van der Waals surface area (Å²) in [5, 5.41) is 0. The predicted octanol–water partition coefficient (Wildman–Crippen LogP) is 5.01. The van der Waals surface area contributed by atoms with Gasteiger partial charge in [0.1, 0.15) is 24.0 Å².